The third-order valence-electron chi connectivity index (χ3n) is 4.48. The van der Waals surface area contributed by atoms with Crippen molar-refractivity contribution in [2.24, 2.45) is 0 Å². The number of carbonyl (C=O) groups excluding carboxylic acids is 1. The Hall–Kier alpha value is -3.44. The smallest absolute Gasteiger partial charge is 0.261 e. The lowest BCUT2D eigenvalue weighted by Crippen LogP contribution is -2.16. The largest absolute Gasteiger partial charge is 0.289 e. The summed E-state index contributed by atoms with van der Waals surface area (Å²) in [6.45, 7) is 0. The second kappa shape index (κ2) is 7.29. The fourth-order valence-electron chi connectivity index (χ4n) is 3.05. The van der Waals surface area contributed by atoms with Crippen molar-refractivity contribution in [1.29, 1.82) is 0 Å². The molecule has 1 N–H and O–H groups in total. The number of sulfonamides is 1. The predicted octanol–water partition coefficient (Wildman–Crippen LogP) is 4.87. The number of para-hydroxylation sites is 1. The molecule has 5 heteroatoms. The summed E-state index contributed by atoms with van der Waals surface area (Å²) >= 11 is 0. The van der Waals surface area contributed by atoms with Gasteiger partial charge in [0.15, 0.2) is 5.78 Å². The molecule has 0 aromatic heterocycles. The van der Waals surface area contributed by atoms with Gasteiger partial charge in [-0.25, -0.2) is 8.42 Å². The maximum Gasteiger partial charge on any atom is 0.261 e. The van der Waals surface area contributed by atoms with Gasteiger partial charge in [-0.3, -0.25) is 9.52 Å². The highest BCUT2D eigenvalue weighted by Gasteiger charge is 2.19. The van der Waals surface area contributed by atoms with Crippen LogP contribution in [0.4, 0.5) is 5.69 Å². The van der Waals surface area contributed by atoms with Gasteiger partial charge in [-0.1, -0.05) is 72.8 Å². The molecular weight excluding hydrogens is 370 g/mol. The summed E-state index contributed by atoms with van der Waals surface area (Å²) in [5.41, 5.74) is 1.06. The topological polar surface area (TPSA) is 63.2 Å². The van der Waals surface area contributed by atoms with Crippen LogP contribution in [0.3, 0.4) is 0 Å². The molecule has 0 bridgehead atoms. The average Bonchev–Trinajstić information content (AvgIpc) is 2.73. The maximum atomic E-state index is 12.9. The van der Waals surface area contributed by atoms with Crippen LogP contribution in [0.2, 0.25) is 0 Å². The first-order valence-corrected chi connectivity index (χ1v) is 10.2. The molecule has 0 spiro atoms. The van der Waals surface area contributed by atoms with E-state index < -0.39 is 10.0 Å². The highest BCUT2D eigenvalue weighted by molar-refractivity contribution is 7.92. The number of fused-ring (bicyclic) bond motifs is 1. The van der Waals surface area contributed by atoms with E-state index in [9.17, 15) is 13.2 Å². The molecule has 0 atom stereocenters. The monoisotopic (exact) mass is 387 g/mol. The van der Waals surface area contributed by atoms with Crippen molar-refractivity contribution in [1.82, 2.24) is 0 Å². The zero-order valence-corrected chi connectivity index (χ0v) is 15.7. The third kappa shape index (κ3) is 3.52. The van der Waals surface area contributed by atoms with Gasteiger partial charge in [0.25, 0.3) is 10.0 Å². The number of anilines is 1. The lowest BCUT2D eigenvalue weighted by Gasteiger charge is -2.12. The molecular formula is C23H17NO3S. The number of hydrogen-bond acceptors (Lipinski definition) is 3. The summed E-state index contributed by atoms with van der Waals surface area (Å²) in [5, 5.41) is 1.79. The Balaban J connectivity index is 1.71. The van der Waals surface area contributed by atoms with E-state index in [1.165, 1.54) is 0 Å². The lowest BCUT2D eigenvalue weighted by molar-refractivity contribution is 0.103. The van der Waals surface area contributed by atoms with Gasteiger partial charge >= 0.3 is 0 Å². The number of rotatable bonds is 5. The maximum absolute atomic E-state index is 12.9. The SMILES string of the molecule is O=C(c1ccccc1)c1ccccc1NS(=O)(=O)c1ccc2ccccc2c1. The number of carbonyl (C=O) groups is 1. The van der Waals surface area contributed by atoms with E-state index in [4.69, 9.17) is 0 Å². The van der Waals surface area contributed by atoms with Crippen molar-refractivity contribution in [2.45, 2.75) is 4.90 Å². The third-order valence-corrected chi connectivity index (χ3v) is 5.85. The van der Waals surface area contributed by atoms with E-state index in [0.717, 1.165) is 10.8 Å². The molecule has 0 aliphatic carbocycles. The summed E-state index contributed by atoms with van der Waals surface area (Å²) in [4.78, 5) is 13.0. The minimum atomic E-state index is -3.85. The van der Waals surface area contributed by atoms with E-state index >= 15 is 0 Å². The molecule has 138 valence electrons. The van der Waals surface area contributed by atoms with E-state index in [2.05, 4.69) is 4.72 Å². The average molecular weight is 387 g/mol. The van der Waals surface area contributed by atoms with Gasteiger partial charge in [0.2, 0.25) is 0 Å². The Labute approximate surface area is 163 Å². The van der Waals surface area contributed by atoms with Crippen molar-refractivity contribution < 1.29 is 13.2 Å². The van der Waals surface area contributed by atoms with Crippen molar-refractivity contribution in [3.05, 3.63) is 108 Å². The fraction of sp³-hybridized carbons (Fsp3) is 0. The van der Waals surface area contributed by atoms with Crippen LogP contribution in [0.15, 0.2) is 102 Å². The quantitative estimate of drug-likeness (QED) is 0.497. The molecule has 28 heavy (non-hydrogen) atoms. The molecule has 0 fully saturated rings. The molecule has 4 nitrogen and oxygen atoms in total. The summed E-state index contributed by atoms with van der Waals surface area (Å²) < 4.78 is 28.4. The summed E-state index contributed by atoms with van der Waals surface area (Å²) in [7, 11) is -3.85. The zero-order chi connectivity index (χ0) is 19.6. The van der Waals surface area contributed by atoms with Gasteiger partial charge in [0.1, 0.15) is 0 Å². The molecule has 0 aliphatic heterocycles. The van der Waals surface area contributed by atoms with Crippen LogP contribution in [0.1, 0.15) is 15.9 Å². The Kier molecular flexibility index (Phi) is 4.67. The van der Waals surface area contributed by atoms with Crippen molar-refractivity contribution in [2.75, 3.05) is 4.72 Å². The van der Waals surface area contributed by atoms with Crippen LogP contribution in [-0.4, -0.2) is 14.2 Å². The van der Waals surface area contributed by atoms with Crippen molar-refractivity contribution in [3.8, 4) is 0 Å². The van der Waals surface area contributed by atoms with Crippen LogP contribution in [0.5, 0.6) is 0 Å². The van der Waals surface area contributed by atoms with Gasteiger partial charge in [0.05, 0.1) is 10.6 Å². The Morgan fingerprint density at radius 1 is 0.679 bits per heavy atom. The minimum Gasteiger partial charge on any atom is -0.289 e. The Morgan fingerprint density at radius 2 is 1.32 bits per heavy atom. The molecule has 0 unspecified atom stereocenters. The van der Waals surface area contributed by atoms with Gasteiger partial charge in [0, 0.05) is 11.1 Å². The van der Waals surface area contributed by atoms with Gasteiger partial charge in [-0.2, -0.15) is 0 Å². The molecule has 0 saturated heterocycles. The number of nitrogens with one attached hydrogen (secondary N) is 1. The molecule has 0 aliphatic rings. The predicted molar refractivity (Wildman–Crippen MR) is 111 cm³/mol. The number of benzene rings is 4. The van der Waals surface area contributed by atoms with Gasteiger partial charge in [-0.15, -0.1) is 0 Å². The second-order valence-electron chi connectivity index (χ2n) is 6.36. The summed E-state index contributed by atoms with van der Waals surface area (Å²) in [6, 6.07) is 27.9. The van der Waals surface area contributed by atoms with E-state index in [1.54, 1.807) is 66.7 Å². The van der Waals surface area contributed by atoms with Crippen LogP contribution in [0.25, 0.3) is 10.8 Å². The molecule has 0 radical (unpaired) electrons. The number of ketones is 1. The first-order valence-electron chi connectivity index (χ1n) is 8.75. The van der Waals surface area contributed by atoms with Crippen LogP contribution >= 0.6 is 0 Å². The van der Waals surface area contributed by atoms with Crippen LogP contribution in [0, 0.1) is 0 Å². The van der Waals surface area contributed by atoms with Crippen LogP contribution < -0.4 is 4.72 Å². The highest BCUT2D eigenvalue weighted by atomic mass is 32.2. The standard InChI is InChI=1S/C23H17NO3S/c25-23(18-9-2-1-3-10-18)21-12-6-7-13-22(21)24-28(26,27)20-15-14-17-8-4-5-11-19(17)16-20/h1-16,24H. The molecule has 0 amide bonds. The zero-order valence-electron chi connectivity index (χ0n) is 14.9. The van der Waals surface area contributed by atoms with E-state index in [1.807, 2.05) is 30.3 Å². The van der Waals surface area contributed by atoms with E-state index in [-0.39, 0.29) is 16.4 Å². The van der Waals surface area contributed by atoms with E-state index in [0.29, 0.717) is 11.1 Å². The molecule has 4 aromatic carbocycles. The lowest BCUT2D eigenvalue weighted by atomic mass is 10.0. The Bertz CT molecular complexity index is 1270. The molecule has 0 heterocycles. The fourth-order valence-corrected chi connectivity index (χ4v) is 4.17. The summed E-state index contributed by atoms with van der Waals surface area (Å²) in [5.74, 6) is -0.239. The minimum absolute atomic E-state index is 0.146. The van der Waals surface area contributed by atoms with Gasteiger partial charge < -0.3 is 0 Å². The first kappa shape index (κ1) is 17.9. The van der Waals surface area contributed by atoms with Crippen molar-refractivity contribution in [3.63, 3.8) is 0 Å². The molecule has 4 aromatic rings. The Morgan fingerprint density at radius 3 is 2.11 bits per heavy atom. The highest BCUT2D eigenvalue weighted by Crippen LogP contribution is 2.24. The summed E-state index contributed by atoms with van der Waals surface area (Å²) in [6.07, 6.45) is 0. The van der Waals surface area contributed by atoms with Gasteiger partial charge in [-0.05, 0) is 35.0 Å². The first-order chi connectivity index (χ1) is 13.5. The number of hydrogen-bond donors (Lipinski definition) is 1. The molecule has 0 saturated carbocycles. The normalized spacial score (nSPS) is 11.3. The van der Waals surface area contributed by atoms with Crippen LogP contribution in [-0.2, 0) is 10.0 Å². The molecule has 4 rings (SSSR count). The second-order valence-corrected chi connectivity index (χ2v) is 8.04. The van der Waals surface area contributed by atoms with Crippen molar-refractivity contribution >= 4 is 32.3 Å².